The molecule has 0 saturated heterocycles. The van der Waals surface area contributed by atoms with Gasteiger partial charge in [-0.15, -0.1) is 0 Å². The molecule has 1 aliphatic rings. The normalized spacial score (nSPS) is 15.2. The molecular weight excluding hydrogens is 332 g/mol. The van der Waals surface area contributed by atoms with Gasteiger partial charge in [0.15, 0.2) is 0 Å². The Morgan fingerprint density at radius 2 is 1.38 bits per heavy atom. The summed E-state index contributed by atoms with van der Waals surface area (Å²) in [6.07, 6.45) is 0.109. The minimum atomic E-state index is -4.27. The molecule has 0 aliphatic carbocycles. The summed E-state index contributed by atoms with van der Waals surface area (Å²) in [5, 5.41) is 5.40. The van der Waals surface area contributed by atoms with Gasteiger partial charge in [0.25, 0.3) is 10.1 Å². The number of nitrogens with one attached hydrogen (secondary N) is 2. The van der Waals surface area contributed by atoms with Crippen LogP contribution in [-0.2, 0) is 26.1 Å². The third-order valence-corrected chi connectivity index (χ3v) is 4.60. The van der Waals surface area contributed by atoms with Crippen molar-refractivity contribution >= 4 is 33.3 Å². The first-order chi connectivity index (χ1) is 11.3. The zero-order chi connectivity index (χ0) is 17.3. The molecule has 0 saturated carbocycles. The second kappa shape index (κ2) is 6.06. The van der Waals surface area contributed by atoms with E-state index in [-0.39, 0.29) is 11.3 Å². The summed E-state index contributed by atoms with van der Waals surface area (Å²) in [6.45, 7) is 0. The smallest absolute Gasteiger partial charge is 0.294 e. The van der Waals surface area contributed by atoms with Crippen LogP contribution in [0, 0.1) is 5.92 Å². The van der Waals surface area contributed by atoms with E-state index in [2.05, 4.69) is 10.6 Å². The molecule has 3 rings (SSSR count). The molecule has 2 amide bonds. The maximum atomic E-state index is 12.3. The molecule has 0 atom stereocenters. The molecule has 0 fully saturated rings. The van der Waals surface area contributed by atoms with Crippen LogP contribution in [0.2, 0.25) is 0 Å². The topological polar surface area (TPSA) is 113 Å². The van der Waals surface area contributed by atoms with Crippen LogP contribution in [0.15, 0.2) is 53.4 Å². The second-order valence-corrected chi connectivity index (χ2v) is 6.82. The molecule has 2 aromatic carbocycles. The Labute approximate surface area is 138 Å². The Hall–Kier alpha value is -2.71. The van der Waals surface area contributed by atoms with Gasteiger partial charge in [0.05, 0.1) is 16.3 Å². The van der Waals surface area contributed by atoms with Crippen LogP contribution in [0.25, 0.3) is 0 Å². The summed E-state index contributed by atoms with van der Waals surface area (Å²) in [6, 6.07) is 12.3. The SMILES string of the molecule is O=C1Nc2ccccc2NC(=O)C1Cc1ccc(S(=O)(=O)O)cc1. The Kier molecular flexibility index (Phi) is 4.08. The Morgan fingerprint density at radius 3 is 1.83 bits per heavy atom. The number of amides is 2. The van der Waals surface area contributed by atoms with Crippen molar-refractivity contribution in [3.8, 4) is 0 Å². The number of benzene rings is 2. The van der Waals surface area contributed by atoms with Gasteiger partial charge in [-0.25, -0.2) is 0 Å². The molecule has 24 heavy (non-hydrogen) atoms. The first-order valence-corrected chi connectivity index (χ1v) is 8.56. The molecule has 7 nitrogen and oxygen atoms in total. The van der Waals surface area contributed by atoms with Crippen molar-refractivity contribution in [2.24, 2.45) is 5.92 Å². The van der Waals surface area contributed by atoms with Crippen molar-refractivity contribution in [3.05, 3.63) is 54.1 Å². The number of hydrogen-bond acceptors (Lipinski definition) is 4. The van der Waals surface area contributed by atoms with Gasteiger partial charge in [-0.2, -0.15) is 8.42 Å². The van der Waals surface area contributed by atoms with Gasteiger partial charge in [-0.05, 0) is 36.2 Å². The van der Waals surface area contributed by atoms with Crippen LogP contribution in [0.3, 0.4) is 0 Å². The Morgan fingerprint density at radius 1 is 0.875 bits per heavy atom. The average Bonchev–Trinajstić information content (AvgIpc) is 2.64. The van der Waals surface area contributed by atoms with Crippen molar-refractivity contribution in [1.29, 1.82) is 0 Å². The van der Waals surface area contributed by atoms with Crippen molar-refractivity contribution in [1.82, 2.24) is 0 Å². The molecule has 1 aliphatic heterocycles. The lowest BCUT2D eigenvalue weighted by atomic mass is 9.98. The molecule has 8 heteroatoms. The zero-order valence-corrected chi connectivity index (χ0v) is 13.2. The molecule has 1 heterocycles. The molecule has 0 aromatic heterocycles. The van der Waals surface area contributed by atoms with Crippen LogP contribution in [0.5, 0.6) is 0 Å². The van der Waals surface area contributed by atoms with Crippen molar-refractivity contribution in [3.63, 3.8) is 0 Å². The summed E-state index contributed by atoms with van der Waals surface area (Å²) in [5.41, 5.74) is 1.66. The molecular formula is C16H14N2O5S. The summed E-state index contributed by atoms with van der Waals surface area (Å²) in [4.78, 5) is 24.4. The number of carbonyl (C=O) groups is 2. The largest absolute Gasteiger partial charge is 0.324 e. The molecule has 124 valence electrons. The van der Waals surface area contributed by atoms with E-state index in [1.807, 2.05) is 0 Å². The van der Waals surface area contributed by atoms with E-state index in [0.717, 1.165) is 0 Å². The number of carbonyl (C=O) groups excluding carboxylic acids is 2. The molecule has 0 bridgehead atoms. The van der Waals surface area contributed by atoms with Gasteiger partial charge in [0.1, 0.15) is 5.92 Å². The first-order valence-electron chi connectivity index (χ1n) is 7.12. The highest BCUT2D eigenvalue weighted by Crippen LogP contribution is 2.26. The van der Waals surface area contributed by atoms with Gasteiger partial charge in [-0.1, -0.05) is 24.3 Å². The molecule has 0 spiro atoms. The van der Waals surface area contributed by atoms with Crippen LogP contribution >= 0.6 is 0 Å². The highest BCUT2D eigenvalue weighted by atomic mass is 32.2. The van der Waals surface area contributed by atoms with Crippen molar-refractivity contribution in [2.75, 3.05) is 10.6 Å². The van der Waals surface area contributed by atoms with Crippen molar-refractivity contribution < 1.29 is 22.6 Å². The van der Waals surface area contributed by atoms with E-state index in [1.165, 1.54) is 24.3 Å². The Bertz CT molecular complexity index is 869. The lowest BCUT2D eigenvalue weighted by Crippen LogP contribution is -2.32. The van der Waals surface area contributed by atoms with Crippen LogP contribution < -0.4 is 10.6 Å². The summed E-state index contributed by atoms with van der Waals surface area (Å²) in [5.74, 6) is -1.82. The maximum Gasteiger partial charge on any atom is 0.294 e. The fraction of sp³-hybridized carbons (Fsp3) is 0.125. The minimum Gasteiger partial charge on any atom is -0.324 e. The quantitative estimate of drug-likeness (QED) is 0.578. The van der Waals surface area contributed by atoms with Crippen LogP contribution in [0.1, 0.15) is 5.56 Å². The summed E-state index contributed by atoms with van der Waals surface area (Å²) >= 11 is 0. The van der Waals surface area contributed by atoms with E-state index >= 15 is 0 Å². The van der Waals surface area contributed by atoms with E-state index in [1.54, 1.807) is 24.3 Å². The van der Waals surface area contributed by atoms with Gasteiger partial charge in [0, 0.05) is 0 Å². The van der Waals surface area contributed by atoms with Gasteiger partial charge in [-0.3, -0.25) is 14.1 Å². The maximum absolute atomic E-state index is 12.3. The van der Waals surface area contributed by atoms with E-state index in [0.29, 0.717) is 16.9 Å². The highest BCUT2D eigenvalue weighted by molar-refractivity contribution is 7.85. The number of hydrogen-bond donors (Lipinski definition) is 3. The Balaban J connectivity index is 1.83. The number of fused-ring (bicyclic) bond motifs is 1. The fourth-order valence-electron chi connectivity index (χ4n) is 2.48. The number of rotatable bonds is 3. The van der Waals surface area contributed by atoms with Gasteiger partial charge < -0.3 is 10.6 Å². The second-order valence-electron chi connectivity index (χ2n) is 5.40. The predicted molar refractivity (Wildman–Crippen MR) is 87.2 cm³/mol. The molecule has 3 N–H and O–H groups in total. The third-order valence-electron chi connectivity index (χ3n) is 3.74. The van der Waals surface area contributed by atoms with Crippen molar-refractivity contribution in [2.45, 2.75) is 11.3 Å². The molecule has 2 aromatic rings. The van der Waals surface area contributed by atoms with Gasteiger partial charge >= 0.3 is 0 Å². The first kappa shape index (κ1) is 16.2. The lowest BCUT2D eigenvalue weighted by Gasteiger charge is -2.12. The third kappa shape index (κ3) is 3.29. The fourth-order valence-corrected chi connectivity index (χ4v) is 2.96. The van der Waals surface area contributed by atoms with E-state index < -0.39 is 27.9 Å². The van der Waals surface area contributed by atoms with E-state index in [9.17, 15) is 18.0 Å². The minimum absolute atomic E-state index is 0.109. The number of para-hydroxylation sites is 2. The van der Waals surface area contributed by atoms with E-state index in [4.69, 9.17) is 4.55 Å². The number of anilines is 2. The monoisotopic (exact) mass is 346 g/mol. The van der Waals surface area contributed by atoms with Crippen LogP contribution in [0.4, 0.5) is 11.4 Å². The summed E-state index contributed by atoms with van der Waals surface area (Å²) in [7, 11) is -4.27. The van der Waals surface area contributed by atoms with Crippen LogP contribution in [-0.4, -0.2) is 24.8 Å². The lowest BCUT2D eigenvalue weighted by molar-refractivity contribution is -0.129. The predicted octanol–water partition coefficient (Wildman–Crippen LogP) is 1.68. The van der Waals surface area contributed by atoms with Gasteiger partial charge in [0.2, 0.25) is 11.8 Å². The molecule has 0 unspecified atom stereocenters. The zero-order valence-electron chi connectivity index (χ0n) is 12.4. The standard InChI is InChI=1S/C16H14N2O5S/c19-15-12(9-10-5-7-11(8-6-10)24(21,22)23)16(20)18-14-4-2-1-3-13(14)17-15/h1-8,12H,9H2,(H,17,19)(H,18,20)(H,21,22,23). The summed E-state index contributed by atoms with van der Waals surface area (Å²) < 4.78 is 31.0. The molecule has 0 radical (unpaired) electrons. The highest BCUT2D eigenvalue weighted by Gasteiger charge is 2.30. The average molecular weight is 346 g/mol.